The number of ether oxygens (including phenoxy) is 4. The van der Waals surface area contributed by atoms with Crippen molar-refractivity contribution in [2.45, 2.75) is 30.6 Å². The van der Waals surface area contributed by atoms with E-state index in [1.807, 2.05) is 41.3 Å². The fraction of sp³-hybridized carbons (Fsp3) is 0.375. The number of carbonyl (C=O) groups is 1. The molecule has 5 rings (SSSR count). The third kappa shape index (κ3) is 5.09. The second-order valence-corrected chi connectivity index (χ2v) is 9.12. The van der Waals surface area contributed by atoms with Gasteiger partial charge in [0.15, 0.2) is 17.3 Å². The maximum absolute atomic E-state index is 13.1. The van der Waals surface area contributed by atoms with E-state index in [2.05, 4.69) is 10.2 Å². The smallest absolute Gasteiger partial charge is 0.233 e. The van der Waals surface area contributed by atoms with Gasteiger partial charge in [-0.2, -0.15) is 0 Å². The molecule has 0 saturated carbocycles. The van der Waals surface area contributed by atoms with Gasteiger partial charge in [0.1, 0.15) is 31.3 Å². The second kappa shape index (κ2) is 10.3. The number of fused-ring (bicyclic) bond motifs is 1. The van der Waals surface area contributed by atoms with Gasteiger partial charge in [0.2, 0.25) is 11.1 Å². The first-order valence-electron chi connectivity index (χ1n) is 11.4. The molecule has 1 fully saturated rings. The Labute approximate surface area is 207 Å². The number of thioether (sulfide) groups is 1. The van der Waals surface area contributed by atoms with Gasteiger partial charge in [0.05, 0.1) is 18.9 Å². The normalized spacial score (nSPS) is 16.8. The monoisotopic (exact) mass is 497 g/mol. The summed E-state index contributed by atoms with van der Waals surface area (Å²) in [6.07, 6.45) is 1.86. The molecule has 2 aromatic carbocycles. The van der Waals surface area contributed by atoms with Crippen molar-refractivity contribution in [3.8, 4) is 23.0 Å². The standard InChI is InChI=1S/C24H27N5O5S/c1-31-17-4-2-5-18(13-17)34-14-22-26-27-24(29(22)25)35-15-23(30)28-9-3-6-19(28)16-7-8-20-21(12-16)33-11-10-32-20/h2,4-5,7-8,12-13,19H,3,6,9-11,14-15,25H2,1H3. The SMILES string of the molecule is COc1cccc(OCc2nnc(SCC(=O)N3CCCC3c3ccc4c(c3)OCCO4)n2N)c1. The number of likely N-dealkylation sites (tertiary alicyclic amines) is 1. The van der Waals surface area contributed by atoms with Crippen molar-refractivity contribution in [3.05, 3.63) is 53.9 Å². The maximum Gasteiger partial charge on any atom is 0.233 e. The van der Waals surface area contributed by atoms with Crippen molar-refractivity contribution < 1.29 is 23.7 Å². The first-order valence-corrected chi connectivity index (χ1v) is 12.4. The van der Waals surface area contributed by atoms with Crippen molar-refractivity contribution >= 4 is 17.7 Å². The van der Waals surface area contributed by atoms with Gasteiger partial charge in [0, 0.05) is 12.6 Å². The number of nitrogens with two attached hydrogens (primary N) is 1. The summed E-state index contributed by atoms with van der Waals surface area (Å²) >= 11 is 1.26. The number of nitrogens with zero attached hydrogens (tertiary/aromatic N) is 4. The van der Waals surface area contributed by atoms with Gasteiger partial charge >= 0.3 is 0 Å². The Bertz CT molecular complexity index is 1200. The highest BCUT2D eigenvalue weighted by Gasteiger charge is 2.31. The van der Waals surface area contributed by atoms with Gasteiger partial charge < -0.3 is 29.7 Å². The molecule has 2 aliphatic rings. The minimum Gasteiger partial charge on any atom is -0.497 e. The van der Waals surface area contributed by atoms with Crippen molar-refractivity contribution in [2.24, 2.45) is 0 Å². The molecule has 2 N–H and O–H groups in total. The zero-order valence-corrected chi connectivity index (χ0v) is 20.2. The van der Waals surface area contributed by atoms with Crippen molar-refractivity contribution in [2.75, 3.05) is 38.5 Å². The summed E-state index contributed by atoms with van der Waals surface area (Å²) in [6, 6.07) is 13.2. The Kier molecular flexibility index (Phi) is 6.84. The number of methoxy groups -OCH3 is 1. The van der Waals surface area contributed by atoms with Crippen LogP contribution in [0, 0.1) is 0 Å². The second-order valence-electron chi connectivity index (χ2n) is 8.17. The van der Waals surface area contributed by atoms with E-state index in [4.69, 9.17) is 24.8 Å². The molecular formula is C24H27N5O5S. The fourth-order valence-electron chi connectivity index (χ4n) is 4.23. The van der Waals surface area contributed by atoms with Crippen LogP contribution in [0.4, 0.5) is 0 Å². The Morgan fingerprint density at radius 2 is 1.97 bits per heavy atom. The molecule has 10 nitrogen and oxygen atoms in total. The summed E-state index contributed by atoms with van der Waals surface area (Å²) in [5, 5.41) is 8.70. The summed E-state index contributed by atoms with van der Waals surface area (Å²) < 4.78 is 23.7. The van der Waals surface area contributed by atoms with Crippen LogP contribution in [0.15, 0.2) is 47.6 Å². The van der Waals surface area contributed by atoms with Crippen LogP contribution in [-0.4, -0.2) is 58.3 Å². The lowest BCUT2D eigenvalue weighted by molar-refractivity contribution is -0.129. The largest absolute Gasteiger partial charge is 0.497 e. The molecule has 0 bridgehead atoms. The Morgan fingerprint density at radius 3 is 2.83 bits per heavy atom. The van der Waals surface area contributed by atoms with E-state index in [0.29, 0.717) is 42.2 Å². The van der Waals surface area contributed by atoms with Gasteiger partial charge in [-0.1, -0.05) is 23.9 Å². The molecule has 184 valence electrons. The van der Waals surface area contributed by atoms with E-state index >= 15 is 0 Å². The lowest BCUT2D eigenvalue weighted by atomic mass is 10.0. The van der Waals surface area contributed by atoms with Crippen LogP contribution in [0.1, 0.15) is 30.3 Å². The molecule has 1 unspecified atom stereocenters. The topological polar surface area (TPSA) is 114 Å². The molecule has 3 aromatic rings. The van der Waals surface area contributed by atoms with Gasteiger partial charge in [0.25, 0.3) is 0 Å². The van der Waals surface area contributed by atoms with Gasteiger partial charge in [-0.05, 0) is 42.7 Å². The summed E-state index contributed by atoms with van der Waals surface area (Å²) in [5.41, 5.74) is 1.06. The van der Waals surface area contributed by atoms with E-state index in [1.165, 1.54) is 16.4 Å². The van der Waals surface area contributed by atoms with Gasteiger partial charge in [-0.3, -0.25) is 4.79 Å². The van der Waals surface area contributed by atoms with Crippen LogP contribution >= 0.6 is 11.8 Å². The highest BCUT2D eigenvalue weighted by atomic mass is 32.2. The molecule has 1 amide bonds. The molecule has 2 aliphatic heterocycles. The number of benzene rings is 2. The number of rotatable bonds is 8. The highest BCUT2D eigenvalue weighted by molar-refractivity contribution is 7.99. The van der Waals surface area contributed by atoms with E-state index in [1.54, 1.807) is 13.2 Å². The summed E-state index contributed by atoms with van der Waals surface area (Å²) in [5.74, 6) is 9.69. The number of hydrogen-bond acceptors (Lipinski definition) is 9. The quantitative estimate of drug-likeness (QED) is 0.371. The van der Waals surface area contributed by atoms with E-state index in [0.717, 1.165) is 29.9 Å². The zero-order valence-electron chi connectivity index (χ0n) is 19.4. The van der Waals surface area contributed by atoms with Crippen LogP contribution in [-0.2, 0) is 11.4 Å². The molecule has 0 radical (unpaired) electrons. The van der Waals surface area contributed by atoms with Crippen molar-refractivity contribution in [1.82, 2.24) is 19.8 Å². The number of nitrogen functional groups attached to an aromatic ring is 1. The third-order valence-corrected chi connectivity index (χ3v) is 6.92. The minimum atomic E-state index is 0.0153. The Hall–Kier alpha value is -3.60. The van der Waals surface area contributed by atoms with E-state index in [-0.39, 0.29) is 24.3 Å². The first kappa shape index (κ1) is 23.2. The van der Waals surface area contributed by atoms with Crippen LogP contribution in [0.2, 0.25) is 0 Å². The molecule has 0 spiro atoms. The molecule has 3 heterocycles. The lowest BCUT2D eigenvalue weighted by Crippen LogP contribution is -2.32. The fourth-order valence-corrected chi connectivity index (χ4v) is 4.99. The summed E-state index contributed by atoms with van der Waals surface area (Å²) in [4.78, 5) is 15.0. The molecular weight excluding hydrogens is 470 g/mol. The van der Waals surface area contributed by atoms with Crippen LogP contribution in [0.25, 0.3) is 0 Å². The molecule has 35 heavy (non-hydrogen) atoms. The summed E-state index contributed by atoms with van der Waals surface area (Å²) in [7, 11) is 1.60. The van der Waals surface area contributed by atoms with E-state index in [9.17, 15) is 4.79 Å². The number of hydrogen-bond donors (Lipinski definition) is 1. The Balaban J connectivity index is 1.19. The maximum atomic E-state index is 13.1. The number of aromatic nitrogens is 3. The number of amides is 1. The minimum absolute atomic E-state index is 0.0153. The molecule has 1 aromatic heterocycles. The molecule has 0 aliphatic carbocycles. The van der Waals surface area contributed by atoms with E-state index < -0.39 is 0 Å². The van der Waals surface area contributed by atoms with Crippen molar-refractivity contribution in [1.29, 1.82) is 0 Å². The molecule has 11 heteroatoms. The van der Waals surface area contributed by atoms with Crippen LogP contribution in [0.3, 0.4) is 0 Å². The summed E-state index contributed by atoms with van der Waals surface area (Å²) in [6.45, 7) is 1.95. The van der Waals surface area contributed by atoms with Gasteiger partial charge in [-0.25, -0.2) is 4.68 Å². The predicted molar refractivity (Wildman–Crippen MR) is 129 cm³/mol. The molecule has 1 atom stereocenters. The number of carbonyl (C=O) groups excluding carboxylic acids is 1. The van der Waals surface area contributed by atoms with Gasteiger partial charge in [-0.15, -0.1) is 10.2 Å². The van der Waals surface area contributed by atoms with Crippen LogP contribution < -0.4 is 24.8 Å². The zero-order chi connectivity index (χ0) is 24.2. The molecule has 1 saturated heterocycles. The highest BCUT2D eigenvalue weighted by Crippen LogP contribution is 2.38. The lowest BCUT2D eigenvalue weighted by Gasteiger charge is -2.26. The average Bonchev–Trinajstić information content (AvgIpc) is 3.53. The van der Waals surface area contributed by atoms with Crippen molar-refractivity contribution in [3.63, 3.8) is 0 Å². The van der Waals surface area contributed by atoms with Crippen LogP contribution in [0.5, 0.6) is 23.0 Å². The average molecular weight is 498 g/mol. The third-order valence-electron chi connectivity index (χ3n) is 5.99. The Morgan fingerprint density at radius 1 is 1.14 bits per heavy atom. The first-order chi connectivity index (χ1) is 17.1. The predicted octanol–water partition coefficient (Wildman–Crippen LogP) is 2.81.